The van der Waals surface area contributed by atoms with Crippen LogP contribution in [0.5, 0.6) is 11.5 Å². The summed E-state index contributed by atoms with van der Waals surface area (Å²) in [6.45, 7) is 3.85. The van der Waals surface area contributed by atoms with Crippen molar-refractivity contribution in [1.82, 2.24) is 4.90 Å². The molecule has 1 atom stereocenters. The van der Waals surface area contributed by atoms with Crippen LogP contribution >= 0.6 is 0 Å². The fourth-order valence-corrected chi connectivity index (χ4v) is 2.38. The molecule has 1 fully saturated rings. The molecule has 5 nitrogen and oxygen atoms in total. The van der Waals surface area contributed by atoms with E-state index in [-0.39, 0.29) is 5.91 Å². The lowest BCUT2D eigenvalue weighted by Gasteiger charge is -2.21. The highest BCUT2D eigenvalue weighted by molar-refractivity contribution is 5.81. The number of benzene rings is 1. The lowest BCUT2D eigenvalue weighted by molar-refractivity contribution is -0.136. The molecular formula is C15H22N2O3. The molecule has 1 saturated heterocycles. The summed E-state index contributed by atoms with van der Waals surface area (Å²) in [4.78, 5) is 14.1. The Bertz CT molecular complexity index is 448. The predicted molar refractivity (Wildman–Crippen MR) is 76.8 cm³/mol. The van der Waals surface area contributed by atoms with E-state index in [2.05, 4.69) is 0 Å². The number of likely N-dealkylation sites (tertiary alicyclic amines) is 1. The van der Waals surface area contributed by atoms with Crippen LogP contribution in [0.15, 0.2) is 18.2 Å². The van der Waals surface area contributed by atoms with E-state index in [1.54, 1.807) is 20.1 Å². The van der Waals surface area contributed by atoms with Crippen molar-refractivity contribution < 1.29 is 14.3 Å². The van der Waals surface area contributed by atoms with Crippen molar-refractivity contribution in [3.8, 4) is 11.5 Å². The summed E-state index contributed by atoms with van der Waals surface area (Å²) in [5.41, 5.74) is 6.56. The normalized spacial score (nSPS) is 16.1. The third-order valence-electron chi connectivity index (χ3n) is 3.49. The van der Waals surface area contributed by atoms with Crippen LogP contribution in [0.3, 0.4) is 0 Å². The Morgan fingerprint density at radius 1 is 1.30 bits per heavy atom. The molecule has 0 aliphatic carbocycles. The number of hydrogen-bond acceptors (Lipinski definition) is 4. The highest BCUT2D eigenvalue weighted by Crippen LogP contribution is 2.24. The molecule has 0 radical (unpaired) electrons. The Hall–Kier alpha value is -1.75. The first-order valence-corrected chi connectivity index (χ1v) is 6.97. The third kappa shape index (κ3) is 3.42. The van der Waals surface area contributed by atoms with Gasteiger partial charge < -0.3 is 20.1 Å². The first-order valence-electron chi connectivity index (χ1n) is 6.97. The van der Waals surface area contributed by atoms with E-state index in [0.29, 0.717) is 18.0 Å². The summed E-state index contributed by atoms with van der Waals surface area (Å²) >= 11 is 0. The second-order valence-electron chi connectivity index (χ2n) is 5.01. The minimum atomic E-state index is -0.495. The fraction of sp³-hybridized carbons (Fsp3) is 0.533. The van der Waals surface area contributed by atoms with Crippen molar-refractivity contribution in [2.24, 2.45) is 5.73 Å². The first kappa shape index (κ1) is 14.7. The topological polar surface area (TPSA) is 64.8 Å². The number of methoxy groups -OCH3 is 1. The van der Waals surface area contributed by atoms with E-state index in [1.165, 1.54) is 0 Å². The monoisotopic (exact) mass is 278 g/mol. The van der Waals surface area contributed by atoms with Crippen LogP contribution in [0.25, 0.3) is 0 Å². The van der Waals surface area contributed by atoms with E-state index < -0.39 is 6.10 Å². The van der Waals surface area contributed by atoms with Crippen molar-refractivity contribution in [2.45, 2.75) is 32.4 Å². The van der Waals surface area contributed by atoms with Gasteiger partial charge in [0.1, 0.15) is 11.5 Å². The van der Waals surface area contributed by atoms with Gasteiger partial charge in [-0.1, -0.05) is 0 Å². The molecule has 0 saturated carbocycles. The molecule has 1 amide bonds. The van der Waals surface area contributed by atoms with Crippen molar-refractivity contribution in [2.75, 3.05) is 20.2 Å². The minimum absolute atomic E-state index is 0.0413. The van der Waals surface area contributed by atoms with Crippen molar-refractivity contribution in [3.05, 3.63) is 23.8 Å². The second-order valence-corrected chi connectivity index (χ2v) is 5.01. The molecule has 1 aliphatic heterocycles. The van der Waals surface area contributed by atoms with Crippen molar-refractivity contribution in [1.29, 1.82) is 0 Å². The Balaban J connectivity index is 2.06. The summed E-state index contributed by atoms with van der Waals surface area (Å²) in [5, 5.41) is 0. The Kier molecular flexibility index (Phi) is 4.84. The van der Waals surface area contributed by atoms with Crippen LogP contribution in [-0.2, 0) is 11.3 Å². The number of carbonyl (C=O) groups excluding carboxylic acids is 1. The van der Waals surface area contributed by atoms with Gasteiger partial charge in [0, 0.05) is 25.7 Å². The van der Waals surface area contributed by atoms with Crippen LogP contribution in [0.4, 0.5) is 0 Å². The fourth-order valence-electron chi connectivity index (χ4n) is 2.38. The van der Waals surface area contributed by atoms with Gasteiger partial charge in [0.25, 0.3) is 5.91 Å². The smallest absolute Gasteiger partial charge is 0.263 e. The van der Waals surface area contributed by atoms with Gasteiger partial charge in [0.15, 0.2) is 6.10 Å². The van der Waals surface area contributed by atoms with E-state index in [4.69, 9.17) is 15.2 Å². The highest BCUT2D eigenvalue weighted by atomic mass is 16.5. The molecule has 1 aliphatic rings. The molecular weight excluding hydrogens is 256 g/mol. The van der Waals surface area contributed by atoms with Crippen LogP contribution in [-0.4, -0.2) is 37.1 Å². The van der Waals surface area contributed by atoms with Gasteiger partial charge in [-0.3, -0.25) is 4.79 Å². The molecule has 1 unspecified atom stereocenters. The molecule has 110 valence electrons. The third-order valence-corrected chi connectivity index (χ3v) is 3.49. The first-order chi connectivity index (χ1) is 9.63. The maximum absolute atomic E-state index is 12.2. The number of amides is 1. The number of ether oxygens (including phenoxy) is 2. The van der Waals surface area contributed by atoms with Gasteiger partial charge in [-0.15, -0.1) is 0 Å². The predicted octanol–water partition coefficient (Wildman–Crippen LogP) is 1.54. The van der Waals surface area contributed by atoms with Gasteiger partial charge in [-0.25, -0.2) is 0 Å². The lowest BCUT2D eigenvalue weighted by atomic mass is 10.2. The van der Waals surface area contributed by atoms with Crippen molar-refractivity contribution in [3.63, 3.8) is 0 Å². The van der Waals surface area contributed by atoms with Crippen LogP contribution < -0.4 is 15.2 Å². The molecule has 0 spiro atoms. The Morgan fingerprint density at radius 3 is 2.55 bits per heavy atom. The molecule has 20 heavy (non-hydrogen) atoms. The summed E-state index contributed by atoms with van der Waals surface area (Å²) in [6.07, 6.45) is 1.66. The molecule has 5 heteroatoms. The zero-order chi connectivity index (χ0) is 14.5. The zero-order valence-corrected chi connectivity index (χ0v) is 12.1. The van der Waals surface area contributed by atoms with Gasteiger partial charge >= 0.3 is 0 Å². The number of carbonyl (C=O) groups is 1. The summed E-state index contributed by atoms with van der Waals surface area (Å²) in [7, 11) is 1.60. The second kappa shape index (κ2) is 6.61. The summed E-state index contributed by atoms with van der Waals surface area (Å²) in [6, 6.07) is 5.48. The minimum Gasteiger partial charge on any atom is -0.497 e. The Morgan fingerprint density at radius 2 is 1.95 bits per heavy atom. The summed E-state index contributed by atoms with van der Waals surface area (Å²) < 4.78 is 11.0. The van der Waals surface area contributed by atoms with Gasteiger partial charge in [-0.05, 0) is 37.5 Å². The van der Waals surface area contributed by atoms with Gasteiger partial charge in [0.2, 0.25) is 0 Å². The van der Waals surface area contributed by atoms with Crippen LogP contribution in [0.1, 0.15) is 25.3 Å². The molecule has 0 aromatic heterocycles. The molecule has 2 rings (SSSR count). The van der Waals surface area contributed by atoms with Crippen LogP contribution in [0.2, 0.25) is 0 Å². The molecule has 1 heterocycles. The average molecular weight is 278 g/mol. The number of hydrogen-bond donors (Lipinski definition) is 1. The molecule has 2 N–H and O–H groups in total. The number of nitrogens with zero attached hydrogens (tertiary/aromatic N) is 1. The molecule has 1 aromatic rings. The van der Waals surface area contributed by atoms with E-state index in [1.807, 2.05) is 17.0 Å². The summed E-state index contributed by atoms with van der Waals surface area (Å²) in [5.74, 6) is 1.34. The average Bonchev–Trinajstić information content (AvgIpc) is 3.00. The molecule has 1 aromatic carbocycles. The van der Waals surface area contributed by atoms with Gasteiger partial charge in [-0.2, -0.15) is 0 Å². The van der Waals surface area contributed by atoms with E-state index in [9.17, 15) is 4.79 Å². The Labute approximate surface area is 119 Å². The number of rotatable bonds is 5. The van der Waals surface area contributed by atoms with Crippen LogP contribution in [0, 0.1) is 0 Å². The molecule has 0 bridgehead atoms. The highest BCUT2D eigenvalue weighted by Gasteiger charge is 2.24. The van der Waals surface area contributed by atoms with E-state index >= 15 is 0 Å². The standard InChI is InChI=1S/C15H22N2O3/c1-11(15(18)17-5-3-4-6-17)20-14-8-12(10-16)7-13(9-14)19-2/h7-9,11H,3-6,10,16H2,1-2H3. The maximum Gasteiger partial charge on any atom is 0.263 e. The quantitative estimate of drug-likeness (QED) is 0.887. The lowest BCUT2D eigenvalue weighted by Crippen LogP contribution is -2.38. The maximum atomic E-state index is 12.2. The number of nitrogens with two attached hydrogens (primary N) is 1. The van der Waals surface area contributed by atoms with E-state index in [0.717, 1.165) is 31.5 Å². The SMILES string of the molecule is COc1cc(CN)cc(OC(C)C(=O)N2CCCC2)c1. The largest absolute Gasteiger partial charge is 0.497 e. The zero-order valence-electron chi connectivity index (χ0n) is 12.1. The van der Waals surface area contributed by atoms with Crippen molar-refractivity contribution >= 4 is 5.91 Å². The van der Waals surface area contributed by atoms with Gasteiger partial charge in [0.05, 0.1) is 7.11 Å².